The van der Waals surface area contributed by atoms with Gasteiger partial charge in [-0.3, -0.25) is 0 Å². The van der Waals surface area contributed by atoms with Crippen LogP contribution in [0.25, 0.3) is 0 Å². The van der Waals surface area contributed by atoms with Crippen LogP contribution in [-0.4, -0.2) is 55.5 Å². The molecule has 0 bridgehead atoms. The number of aliphatic carboxylic acids is 1. The number of nitrogens with one attached hydrogen (secondary N) is 2. The number of esters is 1. The number of ether oxygens (including phenoxy) is 2. The molecule has 0 saturated heterocycles. The molecular weight excluding hydrogens is 244 g/mol. The molecular formula is C10H18N2O6. The first-order valence-electron chi connectivity index (χ1n) is 5.48. The summed E-state index contributed by atoms with van der Waals surface area (Å²) in [7, 11) is 0. The molecule has 0 aliphatic carbocycles. The van der Waals surface area contributed by atoms with Gasteiger partial charge in [0.05, 0.1) is 13.2 Å². The Bertz CT molecular complexity index is 294. The van der Waals surface area contributed by atoms with Crippen molar-refractivity contribution >= 4 is 18.0 Å². The molecule has 0 aromatic heterocycles. The van der Waals surface area contributed by atoms with Gasteiger partial charge in [0.25, 0.3) is 0 Å². The summed E-state index contributed by atoms with van der Waals surface area (Å²) < 4.78 is 9.41. The number of carbonyl (C=O) groups excluding carboxylic acids is 2. The normalized spacial score (nSPS) is 11.4. The number of hydrogen-bond donors (Lipinski definition) is 3. The van der Waals surface area contributed by atoms with Gasteiger partial charge in [-0.1, -0.05) is 0 Å². The van der Waals surface area contributed by atoms with Gasteiger partial charge in [0.15, 0.2) is 0 Å². The second kappa shape index (κ2) is 9.23. The molecule has 1 atom stereocenters. The number of urea groups is 1. The number of hydrogen-bond acceptors (Lipinski definition) is 5. The van der Waals surface area contributed by atoms with E-state index in [1.807, 2.05) is 0 Å². The number of carboxylic acids is 1. The Hall–Kier alpha value is -1.83. The summed E-state index contributed by atoms with van der Waals surface area (Å²) in [5.74, 6) is -1.59. The van der Waals surface area contributed by atoms with Gasteiger partial charge >= 0.3 is 18.0 Å². The van der Waals surface area contributed by atoms with E-state index in [2.05, 4.69) is 10.6 Å². The van der Waals surface area contributed by atoms with Gasteiger partial charge in [0, 0.05) is 6.54 Å². The third kappa shape index (κ3) is 8.34. The van der Waals surface area contributed by atoms with Crippen LogP contribution in [0, 0.1) is 0 Å². The maximum Gasteiger partial charge on any atom is 0.329 e. The van der Waals surface area contributed by atoms with Crippen molar-refractivity contribution in [1.82, 2.24) is 10.6 Å². The lowest BCUT2D eigenvalue weighted by Gasteiger charge is -2.13. The molecule has 3 N–H and O–H groups in total. The van der Waals surface area contributed by atoms with Crippen LogP contribution < -0.4 is 10.6 Å². The second-order valence-electron chi connectivity index (χ2n) is 3.32. The fourth-order valence-corrected chi connectivity index (χ4v) is 0.970. The molecule has 0 aliphatic rings. The van der Waals surface area contributed by atoms with Crippen molar-refractivity contribution in [3.63, 3.8) is 0 Å². The van der Waals surface area contributed by atoms with Crippen molar-refractivity contribution in [2.75, 3.05) is 26.4 Å². The molecule has 104 valence electrons. The van der Waals surface area contributed by atoms with Gasteiger partial charge < -0.3 is 25.2 Å². The van der Waals surface area contributed by atoms with Crippen LogP contribution in [0.1, 0.15) is 13.8 Å². The fraction of sp³-hybridized carbons (Fsp3) is 0.700. The molecule has 0 fully saturated rings. The van der Waals surface area contributed by atoms with Crippen LogP contribution >= 0.6 is 0 Å². The zero-order chi connectivity index (χ0) is 14.0. The minimum atomic E-state index is -1.07. The van der Waals surface area contributed by atoms with Crippen LogP contribution in [0.2, 0.25) is 0 Å². The summed E-state index contributed by atoms with van der Waals surface area (Å²) in [6.45, 7) is 3.23. The summed E-state index contributed by atoms with van der Waals surface area (Å²) in [5.41, 5.74) is 0. The van der Waals surface area contributed by atoms with E-state index < -0.39 is 30.6 Å². The van der Waals surface area contributed by atoms with Crippen molar-refractivity contribution in [2.24, 2.45) is 0 Å². The molecule has 0 saturated carbocycles. The minimum Gasteiger partial charge on any atom is -0.480 e. The zero-order valence-electron chi connectivity index (χ0n) is 10.4. The highest BCUT2D eigenvalue weighted by atomic mass is 16.5. The van der Waals surface area contributed by atoms with Crippen molar-refractivity contribution < 1.29 is 29.0 Å². The Balaban J connectivity index is 3.64. The first-order chi connectivity index (χ1) is 8.47. The quantitative estimate of drug-likeness (QED) is 0.395. The minimum absolute atomic E-state index is 0.0769. The topological polar surface area (TPSA) is 114 Å². The Labute approximate surface area is 105 Å². The summed E-state index contributed by atoms with van der Waals surface area (Å²) >= 11 is 0. The molecule has 0 heterocycles. The van der Waals surface area contributed by atoms with E-state index in [0.29, 0.717) is 0 Å². The summed E-state index contributed by atoms with van der Waals surface area (Å²) in [6.07, 6.45) is 0. The van der Waals surface area contributed by atoms with E-state index in [9.17, 15) is 14.4 Å². The SMILES string of the molecule is CCOC(=O)C(C)NC(=O)NCCOCC(=O)O. The predicted octanol–water partition coefficient (Wildman–Crippen LogP) is -0.662. The molecule has 8 heteroatoms. The number of carboxylic acid groups (broad SMARTS) is 1. The molecule has 0 aromatic carbocycles. The highest BCUT2D eigenvalue weighted by molar-refractivity contribution is 5.83. The highest BCUT2D eigenvalue weighted by Gasteiger charge is 2.15. The fourth-order valence-electron chi connectivity index (χ4n) is 0.970. The summed E-state index contributed by atoms with van der Waals surface area (Å²) in [4.78, 5) is 32.5. The average molecular weight is 262 g/mol. The summed E-state index contributed by atoms with van der Waals surface area (Å²) in [6, 6.07) is -1.29. The van der Waals surface area contributed by atoms with Gasteiger partial charge in [-0.15, -0.1) is 0 Å². The Morgan fingerprint density at radius 2 is 2.00 bits per heavy atom. The standard InChI is InChI=1S/C10H18N2O6/c1-3-18-9(15)7(2)12-10(16)11-4-5-17-6-8(13)14/h7H,3-6H2,1-2H3,(H,13,14)(H2,11,12,16). The van der Waals surface area contributed by atoms with E-state index in [1.54, 1.807) is 6.92 Å². The van der Waals surface area contributed by atoms with Gasteiger partial charge in [0.2, 0.25) is 0 Å². The Kier molecular flexibility index (Phi) is 8.29. The van der Waals surface area contributed by atoms with Gasteiger partial charge in [0.1, 0.15) is 12.6 Å². The highest BCUT2D eigenvalue weighted by Crippen LogP contribution is 1.87. The van der Waals surface area contributed by atoms with E-state index in [0.717, 1.165) is 0 Å². The number of carbonyl (C=O) groups is 3. The Morgan fingerprint density at radius 1 is 1.33 bits per heavy atom. The van der Waals surface area contributed by atoms with Crippen LogP contribution in [-0.2, 0) is 19.1 Å². The molecule has 0 aromatic rings. The largest absolute Gasteiger partial charge is 0.480 e. The maximum atomic E-state index is 11.3. The first-order valence-corrected chi connectivity index (χ1v) is 5.48. The van der Waals surface area contributed by atoms with E-state index >= 15 is 0 Å². The lowest BCUT2D eigenvalue weighted by atomic mass is 10.3. The molecule has 2 amide bonds. The van der Waals surface area contributed by atoms with Crippen molar-refractivity contribution in [3.8, 4) is 0 Å². The van der Waals surface area contributed by atoms with E-state index in [-0.39, 0.29) is 19.8 Å². The Morgan fingerprint density at radius 3 is 2.56 bits per heavy atom. The first kappa shape index (κ1) is 16.2. The zero-order valence-corrected chi connectivity index (χ0v) is 10.4. The van der Waals surface area contributed by atoms with Gasteiger partial charge in [-0.2, -0.15) is 0 Å². The smallest absolute Gasteiger partial charge is 0.329 e. The third-order valence-corrected chi connectivity index (χ3v) is 1.75. The third-order valence-electron chi connectivity index (χ3n) is 1.75. The molecule has 1 unspecified atom stereocenters. The lowest BCUT2D eigenvalue weighted by molar-refractivity contribution is -0.145. The van der Waals surface area contributed by atoms with Crippen molar-refractivity contribution in [3.05, 3.63) is 0 Å². The number of rotatable bonds is 8. The van der Waals surface area contributed by atoms with E-state index in [4.69, 9.17) is 14.6 Å². The maximum absolute atomic E-state index is 11.3. The molecule has 18 heavy (non-hydrogen) atoms. The van der Waals surface area contributed by atoms with Crippen LogP contribution in [0.15, 0.2) is 0 Å². The monoisotopic (exact) mass is 262 g/mol. The van der Waals surface area contributed by atoms with Gasteiger partial charge in [-0.05, 0) is 13.8 Å². The van der Waals surface area contributed by atoms with Crippen LogP contribution in [0.4, 0.5) is 4.79 Å². The van der Waals surface area contributed by atoms with Crippen LogP contribution in [0.3, 0.4) is 0 Å². The van der Waals surface area contributed by atoms with E-state index in [1.165, 1.54) is 6.92 Å². The van der Waals surface area contributed by atoms with Crippen molar-refractivity contribution in [1.29, 1.82) is 0 Å². The van der Waals surface area contributed by atoms with Crippen LogP contribution in [0.5, 0.6) is 0 Å². The average Bonchev–Trinajstić information content (AvgIpc) is 2.28. The predicted molar refractivity (Wildman–Crippen MR) is 61.1 cm³/mol. The molecule has 0 aliphatic heterocycles. The lowest BCUT2D eigenvalue weighted by Crippen LogP contribution is -2.45. The van der Waals surface area contributed by atoms with Gasteiger partial charge in [-0.25, -0.2) is 14.4 Å². The number of amides is 2. The molecule has 0 radical (unpaired) electrons. The molecule has 0 rings (SSSR count). The molecule has 8 nitrogen and oxygen atoms in total. The summed E-state index contributed by atoms with van der Waals surface area (Å²) in [5, 5.41) is 13.1. The molecule has 0 spiro atoms. The van der Waals surface area contributed by atoms with Crippen molar-refractivity contribution in [2.45, 2.75) is 19.9 Å². The second-order valence-corrected chi connectivity index (χ2v) is 3.32.